The van der Waals surface area contributed by atoms with Crippen molar-refractivity contribution in [3.05, 3.63) is 0 Å². The molecule has 4 nitrogen and oxygen atoms in total. The van der Waals surface area contributed by atoms with E-state index in [2.05, 4.69) is 15.8 Å². The second-order valence-electron chi connectivity index (χ2n) is 4.21. The van der Waals surface area contributed by atoms with Crippen molar-refractivity contribution in [1.29, 1.82) is 0 Å². The molecule has 0 aromatic rings. The van der Waals surface area contributed by atoms with Gasteiger partial charge in [-0.05, 0) is 32.2 Å². The quantitative estimate of drug-likeness (QED) is 0.682. The SMILES string of the molecule is O=C1CCCN(CCC2CCCN2)N1. The van der Waals surface area contributed by atoms with E-state index in [1.54, 1.807) is 0 Å². The average Bonchev–Trinajstić information content (AvgIpc) is 2.67. The van der Waals surface area contributed by atoms with E-state index < -0.39 is 0 Å². The van der Waals surface area contributed by atoms with Crippen molar-refractivity contribution in [3.8, 4) is 0 Å². The Hall–Kier alpha value is -0.610. The minimum absolute atomic E-state index is 0.177. The molecule has 0 aliphatic carbocycles. The molecule has 0 saturated carbocycles. The normalized spacial score (nSPS) is 29.1. The highest BCUT2D eigenvalue weighted by Gasteiger charge is 2.18. The van der Waals surface area contributed by atoms with Crippen LogP contribution in [0.1, 0.15) is 32.1 Å². The first kappa shape index (κ1) is 9.93. The van der Waals surface area contributed by atoms with Crippen LogP contribution in [0.25, 0.3) is 0 Å². The average molecular weight is 197 g/mol. The van der Waals surface area contributed by atoms with Crippen LogP contribution < -0.4 is 10.7 Å². The van der Waals surface area contributed by atoms with Gasteiger partial charge in [0.1, 0.15) is 0 Å². The summed E-state index contributed by atoms with van der Waals surface area (Å²) in [5, 5.41) is 5.53. The Bertz CT molecular complexity index is 202. The van der Waals surface area contributed by atoms with E-state index in [0.717, 1.165) is 32.5 Å². The molecule has 0 bridgehead atoms. The topological polar surface area (TPSA) is 44.4 Å². The first-order chi connectivity index (χ1) is 6.84. The van der Waals surface area contributed by atoms with E-state index in [1.165, 1.54) is 12.8 Å². The minimum Gasteiger partial charge on any atom is -0.314 e. The van der Waals surface area contributed by atoms with Crippen molar-refractivity contribution in [2.24, 2.45) is 0 Å². The zero-order valence-corrected chi connectivity index (χ0v) is 8.59. The number of hydrogen-bond donors (Lipinski definition) is 2. The summed E-state index contributed by atoms with van der Waals surface area (Å²) in [6.07, 6.45) is 5.45. The van der Waals surface area contributed by atoms with Gasteiger partial charge < -0.3 is 5.32 Å². The summed E-state index contributed by atoms with van der Waals surface area (Å²) in [7, 11) is 0. The Labute approximate surface area is 85.0 Å². The molecule has 1 amide bonds. The van der Waals surface area contributed by atoms with Gasteiger partial charge in [-0.25, -0.2) is 5.01 Å². The Morgan fingerprint density at radius 1 is 1.43 bits per heavy atom. The minimum atomic E-state index is 0.177. The Morgan fingerprint density at radius 2 is 2.36 bits per heavy atom. The monoisotopic (exact) mass is 197 g/mol. The largest absolute Gasteiger partial charge is 0.314 e. The summed E-state index contributed by atoms with van der Waals surface area (Å²) in [5.74, 6) is 0.177. The van der Waals surface area contributed by atoms with Gasteiger partial charge >= 0.3 is 0 Å². The number of rotatable bonds is 3. The predicted octanol–water partition coefficient (Wildman–Crippen LogP) is 0.255. The maximum absolute atomic E-state index is 11.1. The highest BCUT2D eigenvalue weighted by molar-refractivity contribution is 5.75. The van der Waals surface area contributed by atoms with Crippen molar-refractivity contribution >= 4 is 5.91 Å². The number of nitrogens with one attached hydrogen (secondary N) is 2. The maximum atomic E-state index is 11.1. The third-order valence-corrected chi connectivity index (χ3v) is 3.02. The second kappa shape index (κ2) is 4.75. The fraction of sp³-hybridized carbons (Fsp3) is 0.900. The van der Waals surface area contributed by atoms with Crippen LogP contribution in [0, 0.1) is 0 Å². The molecular weight excluding hydrogens is 178 g/mol. The van der Waals surface area contributed by atoms with Gasteiger partial charge in [-0.2, -0.15) is 0 Å². The number of hydrazine groups is 1. The lowest BCUT2D eigenvalue weighted by molar-refractivity contribution is -0.128. The third-order valence-electron chi connectivity index (χ3n) is 3.02. The van der Waals surface area contributed by atoms with E-state index in [1.807, 2.05) is 0 Å². The number of carbonyl (C=O) groups excluding carboxylic acids is 1. The summed E-state index contributed by atoms with van der Waals surface area (Å²) in [6.45, 7) is 3.17. The molecule has 2 N–H and O–H groups in total. The molecule has 1 atom stereocenters. The van der Waals surface area contributed by atoms with E-state index in [4.69, 9.17) is 0 Å². The smallest absolute Gasteiger partial charge is 0.234 e. The summed E-state index contributed by atoms with van der Waals surface area (Å²) in [4.78, 5) is 11.1. The van der Waals surface area contributed by atoms with Gasteiger partial charge in [-0.1, -0.05) is 0 Å². The first-order valence-corrected chi connectivity index (χ1v) is 5.62. The van der Waals surface area contributed by atoms with Gasteiger partial charge in [0.15, 0.2) is 0 Å². The molecule has 2 fully saturated rings. The number of nitrogens with zero attached hydrogens (tertiary/aromatic N) is 1. The van der Waals surface area contributed by atoms with Crippen LogP contribution in [0.2, 0.25) is 0 Å². The lowest BCUT2D eigenvalue weighted by Crippen LogP contribution is -2.48. The summed E-state index contributed by atoms with van der Waals surface area (Å²) < 4.78 is 0. The Morgan fingerprint density at radius 3 is 3.07 bits per heavy atom. The molecule has 0 aromatic heterocycles. The predicted molar refractivity (Wildman–Crippen MR) is 54.6 cm³/mol. The van der Waals surface area contributed by atoms with Gasteiger partial charge in [0.25, 0.3) is 0 Å². The van der Waals surface area contributed by atoms with Crippen LogP contribution in [0.5, 0.6) is 0 Å². The molecular formula is C10H19N3O. The molecule has 80 valence electrons. The standard InChI is InChI=1S/C10H19N3O/c14-10-4-2-7-13(12-10)8-5-9-3-1-6-11-9/h9,11H,1-8H2,(H,12,14). The molecule has 0 aromatic carbocycles. The third kappa shape index (κ3) is 2.69. The number of hydrogen-bond acceptors (Lipinski definition) is 3. The van der Waals surface area contributed by atoms with E-state index >= 15 is 0 Å². The van der Waals surface area contributed by atoms with Crippen LogP contribution in [0.15, 0.2) is 0 Å². The van der Waals surface area contributed by atoms with Crippen molar-refractivity contribution in [1.82, 2.24) is 15.8 Å². The van der Waals surface area contributed by atoms with E-state index in [0.29, 0.717) is 12.5 Å². The Balaban J connectivity index is 1.66. The summed E-state index contributed by atoms with van der Waals surface area (Å²) in [6, 6.07) is 0.675. The number of amides is 1. The van der Waals surface area contributed by atoms with Gasteiger partial charge in [0.2, 0.25) is 5.91 Å². The first-order valence-electron chi connectivity index (χ1n) is 5.62. The van der Waals surface area contributed by atoms with Crippen molar-refractivity contribution in [3.63, 3.8) is 0 Å². The van der Waals surface area contributed by atoms with Crippen LogP contribution in [0.3, 0.4) is 0 Å². The van der Waals surface area contributed by atoms with Crippen LogP contribution in [-0.4, -0.2) is 36.6 Å². The molecule has 2 aliphatic heterocycles. The van der Waals surface area contributed by atoms with E-state index in [9.17, 15) is 4.79 Å². The molecule has 4 heteroatoms. The van der Waals surface area contributed by atoms with Crippen molar-refractivity contribution in [2.45, 2.75) is 38.1 Å². The fourth-order valence-corrected chi connectivity index (χ4v) is 2.20. The van der Waals surface area contributed by atoms with Crippen molar-refractivity contribution < 1.29 is 4.79 Å². The molecule has 2 saturated heterocycles. The van der Waals surface area contributed by atoms with Gasteiger partial charge in [-0.15, -0.1) is 0 Å². The number of carbonyl (C=O) groups is 1. The summed E-state index contributed by atoms with van der Waals surface area (Å²) in [5.41, 5.74) is 2.91. The van der Waals surface area contributed by atoms with Crippen LogP contribution in [0.4, 0.5) is 0 Å². The molecule has 2 rings (SSSR count). The molecule has 2 aliphatic rings. The molecule has 0 radical (unpaired) electrons. The van der Waals surface area contributed by atoms with Gasteiger partial charge in [-0.3, -0.25) is 10.2 Å². The van der Waals surface area contributed by atoms with Gasteiger partial charge in [0.05, 0.1) is 0 Å². The van der Waals surface area contributed by atoms with Crippen LogP contribution >= 0.6 is 0 Å². The molecule has 1 unspecified atom stereocenters. The zero-order valence-electron chi connectivity index (χ0n) is 8.59. The fourth-order valence-electron chi connectivity index (χ4n) is 2.20. The van der Waals surface area contributed by atoms with Gasteiger partial charge in [0, 0.05) is 25.6 Å². The van der Waals surface area contributed by atoms with Crippen molar-refractivity contribution in [2.75, 3.05) is 19.6 Å². The highest BCUT2D eigenvalue weighted by Crippen LogP contribution is 2.10. The molecule has 0 spiro atoms. The van der Waals surface area contributed by atoms with E-state index in [-0.39, 0.29) is 5.91 Å². The molecule has 14 heavy (non-hydrogen) atoms. The Kier molecular flexibility index (Phi) is 3.37. The molecule has 2 heterocycles. The maximum Gasteiger partial charge on any atom is 0.234 e. The lowest BCUT2D eigenvalue weighted by Gasteiger charge is -2.28. The lowest BCUT2D eigenvalue weighted by atomic mass is 10.1. The highest BCUT2D eigenvalue weighted by atomic mass is 16.2. The van der Waals surface area contributed by atoms with Crippen LogP contribution in [-0.2, 0) is 4.79 Å². The zero-order chi connectivity index (χ0) is 9.80. The summed E-state index contributed by atoms with van der Waals surface area (Å²) >= 11 is 0. The second-order valence-corrected chi connectivity index (χ2v) is 4.21.